The van der Waals surface area contributed by atoms with Crippen LogP contribution in [0.4, 0.5) is 0 Å². The molecule has 1 atom stereocenters. The van der Waals surface area contributed by atoms with Crippen molar-refractivity contribution in [3.05, 3.63) is 57.1 Å². The summed E-state index contributed by atoms with van der Waals surface area (Å²) >= 11 is 3.51. The molecule has 2 N–H and O–H groups in total. The van der Waals surface area contributed by atoms with Crippen molar-refractivity contribution in [1.82, 2.24) is 0 Å². The third kappa shape index (κ3) is 1.80. The summed E-state index contributed by atoms with van der Waals surface area (Å²) in [5.74, 6) is 0. The quantitative estimate of drug-likeness (QED) is 0.728. The van der Waals surface area contributed by atoms with Gasteiger partial charge in [-0.25, -0.2) is 0 Å². The number of hydrogen-bond donors (Lipinski definition) is 1. The van der Waals surface area contributed by atoms with E-state index in [1.165, 1.54) is 26.1 Å². The van der Waals surface area contributed by atoms with Crippen LogP contribution in [-0.2, 0) is 0 Å². The number of benzene rings is 1. The molecule has 2 aromatic heterocycles. The highest BCUT2D eigenvalue weighted by atomic mass is 32.1. The van der Waals surface area contributed by atoms with Gasteiger partial charge in [-0.2, -0.15) is 0 Å². The summed E-state index contributed by atoms with van der Waals surface area (Å²) < 4.78 is 1.31. The second-order valence-electron chi connectivity index (χ2n) is 4.13. The van der Waals surface area contributed by atoms with Crippen molar-refractivity contribution >= 4 is 32.8 Å². The highest BCUT2D eigenvalue weighted by Crippen LogP contribution is 2.34. The molecule has 1 aromatic carbocycles. The zero-order valence-corrected chi connectivity index (χ0v) is 11.1. The second-order valence-corrected chi connectivity index (χ2v) is 5.99. The van der Waals surface area contributed by atoms with Gasteiger partial charge in [0.05, 0.1) is 6.04 Å². The number of hydrogen-bond acceptors (Lipinski definition) is 3. The van der Waals surface area contributed by atoms with Gasteiger partial charge in [-0.05, 0) is 46.3 Å². The van der Waals surface area contributed by atoms with Crippen LogP contribution in [-0.4, -0.2) is 0 Å². The van der Waals surface area contributed by atoms with Crippen LogP contribution in [0.2, 0.25) is 0 Å². The third-order valence-electron chi connectivity index (χ3n) is 3.03. The molecule has 0 aliphatic rings. The monoisotopic (exact) mass is 259 g/mol. The molecule has 0 aliphatic carbocycles. The first-order valence-electron chi connectivity index (χ1n) is 5.53. The Morgan fingerprint density at radius 1 is 1.12 bits per heavy atom. The van der Waals surface area contributed by atoms with E-state index < -0.39 is 0 Å². The van der Waals surface area contributed by atoms with E-state index in [1.807, 2.05) is 0 Å². The Balaban J connectivity index is 2.13. The Morgan fingerprint density at radius 2 is 1.94 bits per heavy atom. The summed E-state index contributed by atoms with van der Waals surface area (Å²) in [7, 11) is 0. The standard InChI is InChI=1S/C14H13NS2/c1-9-6-7-16-14(9)13(15)11-8-17-12-5-3-2-4-10(11)12/h2-8,13H,15H2,1H3. The van der Waals surface area contributed by atoms with Gasteiger partial charge in [-0.3, -0.25) is 0 Å². The van der Waals surface area contributed by atoms with Gasteiger partial charge in [-0.15, -0.1) is 22.7 Å². The molecule has 0 amide bonds. The van der Waals surface area contributed by atoms with E-state index in [0.29, 0.717) is 0 Å². The van der Waals surface area contributed by atoms with E-state index >= 15 is 0 Å². The highest BCUT2D eigenvalue weighted by molar-refractivity contribution is 7.17. The van der Waals surface area contributed by atoms with Gasteiger partial charge >= 0.3 is 0 Å². The summed E-state index contributed by atoms with van der Waals surface area (Å²) in [6.45, 7) is 2.13. The van der Waals surface area contributed by atoms with Crippen LogP contribution in [0, 0.1) is 6.92 Å². The smallest absolute Gasteiger partial charge is 0.0662 e. The Labute approximate surface area is 109 Å². The molecule has 1 unspecified atom stereocenters. The predicted octanol–water partition coefficient (Wildman–Crippen LogP) is 4.32. The fraction of sp³-hybridized carbons (Fsp3) is 0.143. The van der Waals surface area contributed by atoms with Gasteiger partial charge in [0.2, 0.25) is 0 Å². The fourth-order valence-corrected chi connectivity index (χ4v) is 4.03. The summed E-state index contributed by atoms with van der Waals surface area (Å²) in [4.78, 5) is 1.27. The van der Waals surface area contributed by atoms with E-state index in [1.54, 1.807) is 22.7 Å². The Morgan fingerprint density at radius 3 is 2.71 bits per heavy atom. The van der Waals surface area contributed by atoms with Crippen molar-refractivity contribution in [2.24, 2.45) is 5.73 Å². The molecule has 0 radical (unpaired) electrons. The van der Waals surface area contributed by atoms with E-state index in [-0.39, 0.29) is 6.04 Å². The van der Waals surface area contributed by atoms with Gasteiger partial charge in [0.1, 0.15) is 0 Å². The molecule has 1 nitrogen and oxygen atoms in total. The molecule has 0 fully saturated rings. The number of fused-ring (bicyclic) bond motifs is 1. The molecule has 0 saturated carbocycles. The maximum absolute atomic E-state index is 6.39. The number of nitrogens with two attached hydrogens (primary N) is 1. The molecule has 0 spiro atoms. The zero-order chi connectivity index (χ0) is 11.8. The molecule has 3 heteroatoms. The second kappa shape index (κ2) is 4.26. The van der Waals surface area contributed by atoms with Crippen LogP contribution in [0.1, 0.15) is 22.0 Å². The molecular formula is C14H13NS2. The van der Waals surface area contributed by atoms with E-state index in [2.05, 4.69) is 48.0 Å². The largest absolute Gasteiger partial charge is 0.320 e. The first-order chi connectivity index (χ1) is 8.27. The van der Waals surface area contributed by atoms with Gasteiger partial charge in [-0.1, -0.05) is 18.2 Å². The lowest BCUT2D eigenvalue weighted by Gasteiger charge is -2.10. The Bertz CT molecular complexity index is 651. The van der Waals surface area contributed by atoms with Crippen LogP contribution in [0.5, 0.6) is 0 Å². The summed E-state index contributed by atoms with van der Waals surface area (Å²) in [5, 5.41) is 5.59. The molecule has 86 valence electrons. The number of aryl methyl sites for hydroxylation is 1. The molecule has 0 bridgehead atoms. The molecule has 3 aromatic rings. The van der Waals surface area contributed by atoms with Crippen molar-refractivity contribution in [2.45, 2.75) is 13.0 Å². The summed E-state index contributed by atoms with van der Waals surface area (Å²) in [5.41, 5.74) is 8.93. The number of rotatable bonds is 2. The minimum absolute atomic E-state index is 0.00569. The zero-order valence-electron chi connectivity index (χ0n) is 9.51. The molecule has 0 aliphatic heterocycles. The van der Waals surface area contributed by atoms with E-state index in [4.69, 9.17) is 5.73 Å². The molecule has 3 rings (SSSR count). The van der Waals surface area contributed by atoms with E-state index in [9.17, 15) is 0 Å². The molecule has 2 heterocycles. The van der Waals surface area contributed by atoms with Crippen molar-refractivity contribution in [1.29, 1.82) is 0 Å². The Kier molecular flexibility index (Phi) is 2.74. The van der Waals surface area contributed by atoms with Crippen LogP contribution in [0.15, 0.2) is 41.1 Å². The van der Waals surface area contributed by atoms with Gasteiger partial charge < -0.3 is 5.73 Å². The molecule has 17 heavy (non-hydrogen) atoms. The topological polar surface area (TPSA) is 26.0 Å². The van der Waals surface area contributed by atoms with Gasteiger partial charge in [0.25, 0.3) is 0 Å². The fourth-order valence-electron chi connectivity index (χ4n) is 2.08. The van der Waals surface area contributed by atoms with E-state index in [0.717, 1.165) is 0 Å². The molecule has 0 saturated heterocycles. The normalized spacial score (nSPS) is 13.1. The molecular weight excluding hydrogens is 246 g/mol. The summed E-state index contributed by atoms with van der Waals surface area (Å²) in [6, 6.07) is 10.6. The minimum atomic E-state index is 0.00569. The predicted molar refractivity (Wildman–Crippen MR) is 76.9 cm³/mol. The summed E-state index contributed by atoms with van der Waals surface area (Å²) in [6.07, 6.45) is 0. The SMILES string of the molecule is Cc1ccsc1C(N)c1csc2ccccc12. The van der Waals surface area contributed by atoms with Crippen LogP contribution < -0.4 is 5.73 Å². The maximum atomic E-state index is 6.39. The van der Waals surface area contributed by atoms with Gasteiger partial charge in [0, 0.05) is 9.58 Å². The Hall–Kier alpha value is -1.16. The first-order valence-corrected chi connectivity index (χ1v) is 7.29. The van der Waals surface area contributed by atoms with Crippen molar-refractivity contribution in [3.8, 4) is 0 Å². The lowest BCUT2D eigenvalue weighted by Crippen LogP contribution is -2.10. The van der Waals surface area contributed by atoms with Crippen LogP contribution in [0.25, 0.3) is 10.1 Å². The lowest BCUT2D eigenvalue weighted by molar-refractivity contribution is 0.899. The number of thiophene rings is 2. The highest BCUT2D eigenvalue weighted by Gasteiger charge is 2.16. The minimum Gasteiger partial charge on any atom is -0.320 e. The van der Waals surface area contributed by atoms with Crippen molar-refractivity contribution in [2.75, 3.05) is 0 Å². The van der Waals surface area contributed by atoms with Crippen LogP contribution in [0.3, 0.4) is 0 Å². The van der Waals surface area contributed by atoms with Crippen molar-refractivity contribution < 1.29 is 0 Å². The maximum Gasteiger partial charge on any atom is 0.0662 e. The average Bonchev–Trinajstić information content (AvgIpc) is 2.94. The lowest BCUT2D eigenvalue weighted by atomic mass is 10.0. The van der Waals surface area contributed by atoms with Crippen molar-refractivity contribution in [3.63, 3.8) is 0 Å². The van der Waals surface area contributed by atoms with Crippen LogP contribution >= 0.6 is 22.7 Å². The third-order valence-corrected chi connectivity index (χ3v) is 5.11. The first kappa shape index (κ1) is 11.0. The average molecular weight is 259 g/mol. The van der Waals surface area contributed by atoms with Gasteiger partial charge in [0.15, 0.2) is 0 Å².